The van der Waals surface area contributed by atoms with E-state index in [2.05, 4.69) is 39.6 Å². The van der Waals surface area contributed by atoms with Crippen molar-refractivity contribution in [2.75, 3.05) is 51.7 Å². The van der Waals surface area contributed by atoms with Gasteiger partial charge in [-0.05, 0) is 76.4 Å². The standard InChI is InChI=1S/C26H40N6O3/c1-27-25(34)23(5-4-16-33)32-22-7-6-21(17-24(22)30(3)26(32)35)31-14-10-20(11-15-31)29(2)18-19-8-12-28-13-9-19/h6-7,16-17,19-20,23,28H,4-5,8-15,18H2,1-3H3,(H,27,34). The summed E-state index contributed by atoms with van der Waals surface area (Å²) in [7, 11) is 5.58. The van der Waals surface area contributed by atoms with Crippen LogP contribution in [0.15, 0.2) is 23.0 Å². The van der Waals surface area contributed by atoms with E-state index < -0.39 is 6.04 Å². The first kappa shape index (κ1) is 25.4. The molecular formula is C26H40N6O3. The van der Waals surface area contributed by atoms with E-state index in [-0.39, 0.29) is 18.0 Å². The Bertz CT molecular complexity index is 1080. The lowest BCUT2D eigenvalue weighted by Crippen LogP contribution is -2.45. The van der Waals surface area contributed by atoms with E-state index in [0.717, 1.165) is 67.9 Å². The van der Waals surface area contributed by atoms with Crippen molar-refractivity contribution in [1.29, 1.82) is 0 Å². The topological polar surface area (TPSA) is 91.6 Å². The van der Waals surface area contributed by atoms with Gasteiger partial charge in [-0.1, -0.05) is 0 Å². The van der Waals surface area contributed by atoms with Crippen LogP contribution in [0.3, 0.4) is 0 Å². The van der Waals surface area contributed by atoms with Crippen LogP contribution in [-0.4, -0.2) is 79.1 Å². The zero-order chi connectivity index (χ0) is 24.9. The van der Waals surface area contributed by atoms with Gasteiger partial charge in [-0.2, -0.15) is 0 Å². The van der Waals surface area contributed by atoms with E-state index in [1.807, 2.05) is 6.07 Å². The van der Waals surface area contributed by atoms with Crippen molar-refractivity contribution in [1.82, 2.24) is 24.7 Å². The highest BCUT2D eigenvalue weighted by Gasteiger charge is 2.27. The summed E-state index contributed by atoms with van der Waals surface area (Å²) in [6.45, 7) is 5.45. The number of imidazole rings is 1. The largest absolute Gasteiger partial charge is 0.371 e. The van der Waals surface area contributed by atoms with Crippen molar-refractivity contribution in [2.45, 2.75) is 50.6 Å². The molecule has 35 heavy (non-hydrogen) atoms. The van der Waals surface area contributed by atoms with Crippen molar-refractivity contribution < 1.29 is 9.59 Å². The van der Waals surface area contributed by atoms with E-state index in [1.165, 1.54) is 24.0 Å². The molecule has 9 heteroatoms. The molecule has 0 saturated carbocycles. The van der Waals surface area contributed by atoms with Gasteiger partial charge in [-0.25, -0.2) is 4.79 Å². The smallest absolute Gasteiger partial charge is 0.329 e. The summed E-state index contributed by atoms with van der Waals surface area (Å²) in [5.74, 6) is 0.540. The van der Waals surface area contributed by atoms with Gasteiger partial charge >= 0.3 is 5.69 Å². The number of hydrogen-bond acceptors (Lipinski definition) is 6. The van der Waals surface area contributed by atoms with E-state index in [1.54, 1.807) is 18.7 Å². The molecule has 9 nitrogen and oxygen atoms in total. The maximum atomic E-state index is 13.1. The van der Waals surface area contributed by atoms with Gasteiger partial charge in [-0.15, -0.1) is 0 Å². The number of aryl methyl sites for hydroxylation is 1. The van der Waals surface area contributed by atoms with Gasteiger partial charge < -0.3 is 25.2 Å². The van der Waals surface area contributed by atoms with Crippen molar-refractivity contribution >= 4 is 28.9 Å². The number of nitrogens with one attached hydrogen (secondary N) is 2. The second-order valence-electron chi connectivity index (χ2n) is 10.1. The van der Waals surface area contributed by atoms with Crippen LogP contribution in [0.2, 0.25) is 0 Å². The minimum atomic E-state index is -0.710. The Morgan fingerprint density at radius 3 is 2.57 bits per heavy atom. The Kier molecular flexibility index (Phi) is 8.28. The minimum absolute atomic E-state index is 0.222. The van der Waals surface area contributed by atoms with Crippen molar-refractivity contribution in [3.8, 4) is 0 Å². The second kappa shape index (κ2) is 11.4. The third kappa shape index (κ3) is 5.46. The van der Waals surface area contributed by atoms with Gasteiger partial charge in [-0.3, -0.25) is 13.9 Å². The van der Waals surface area contributed by atoms with Gasteiger partial charge in [0.1, 0.15) is 12.3 Å². The molecule has 0 aliphatic carbocycles. The molecule has 0 spiro atoms. The Balaban J connectivity index is 1.48. The molecule has 2 aromatic rings. The number of amides is 1. The maximum absolute atomic E-state index is 13.1. The number of nitrogens with zero attached hydrogens (tertiary/aromatic N) is 4. The molecule has 0 bridgehead atoms. The summed E-state index contributed by atoms with van der Waals surface area (Å²) in [5.41, 5.74) is 2.39. The molecule has 2 fully saturated rings. The first-order valence-corrected chi connectivity index (χ1v) is 13.0. The maximum Gasteiger partial charge on any atom is 0.329 e. The predicted molar refractivity (Wildman–Crippen MR) is 139 cm³/mol. The van der Waals surface area contributed by atoms with Gasteiger partial charge in [0.25, 0.3) is 0 Å². The average molecular weight is 485 g/mol. The summed E-state index contributed by atoms with van der Waals surface area (Å²) in [6.07, 6.45) is 6.11. The van der Waals surface area contributed by atoms with E-state index in [4.69, 9.17) is 0 Å². The van der Waals surface area contributed by atoms with Gasteiger partial charge in [0.05, 0.1) is 11.0 Å². The first-order valence-electron chi connectivity index (χ1n) is 13.0. The minimum Gasteiger partial charge on any atom is -0.371 e. The molecule has 2 aliphatic heterocycles. The zero-order valence-corrected chi connectivity index (χ0v) is 21.3. The highest BCUT2D eigenvalue weighted by atomic mass is 16.2. The summed E-state index contributed by atoms with van der Waals surface area (Å²) in [5, 5.41) is 6.09. The fourth-order valence-electron chi connectivity index (χ4n) is 5.81. The predicted octanol–water partition coefficient (Wildman–Crippen LogP) is 1.51. The van der Waals surface area contributed by atoms with Crippen molar-refractivity contribution in [2.24, 2.45) is 13.0 Å². The molecule has 0 radical (unpaired) electrons. The number of aromatic nitrogens is 2. The number of hydrogen-bond donors (Lipinski definition) is 2. The number of carbonyl (C=O) groups is 2. The third-order valence-electron chi connectivity index (χ3n) is 7.95. The molecule has 192 valence electrons. The molecule has 1 amide bonds. The van der Waals surface area contributed by atoms with Crippen LogP contribution in [0, 0.1) is 5.92 Å². The zero-order valence-electron chi connectivity index (χ0n) is 21.3. The molecule has 2 saturated heterocycles. The fourth-order valence-corrected chi connectivity index (χ4v) is 5.81. The monoisotopic (exact) mass is 484 g/mol. The summed E-state index contributed by atoms with van der Waals surface area (Å²) in [4.78, 5) is 41.6. The number of carbonyl (C=O) groups excluding carboxylic acids is 2. The van der Waals surface area contributed by atoms with Crippen LogP contribution in [0.1, 0.15) is 44.6 Å². The SMILES string of the molecule is CNC(=O)C(CCC=O)n1c(=O)n(C)c2cc(N3CCC(N(C)CC4CCNCC4)CC3)ccc21. The van der Waals surface area contributed by atoms with Gasteiger partial charge in [0, 0.05) is 51.9 Å². The Hall–Kier alpha value is -2.65. The highest BCUT2D eigenvalue weighted by molar-refractivity contribution is 5.85. The summed E-state index contributed by atoms with van der Waals surface area (Å²) >= 11 is 0. The molecule has 1 unspecified atom stereocenters. The molecular weight excluding hydrogens is 444 g/mol. The van der Waals surface area contributed by atoms with Crippen LogP contribution in [0.5, 0.6) is 0 Å². The summed E-state index contributed by atoms with van der Waals surface area (Å²) < 4.78 is 3.14. The molecule has 2 aliphatic rings. The number of rotatable bonds is 9. The normalized spacial score (nSPS) is 18.8. The lowest BCUT2D eigenvalue weighted by molar-refractivity contribution is -0.124. The summed E-state index contributed by atoms with van der Waals surface area (Å²) in [6, 6.07) is 5.96. The number of anilines is 1. The number of fused-ring (bicyclic) bond motifs is 1. The lowest BCUT2D eigenvalue weighted by Gasteiger charge is -2.39. The quantitative estimate of drug-likeness (QED) is 0.525. The second-order valence-corrected chi connectivity index (χ2v) is 10.1. The Morgan fingerprint density at radius 2 is 1.91 bits per heavy atom. The van der Waals surface area contributed by atoms with Crippen LogP contribution in [-0.2, 0) is 16.6 Å². The fraction of sp³-hybridized carbons (Fsp3) is 0.654. The highest BCUT2D eigenvalue weighted by Crippen LogP contribution is 2.28. The van der Waals surface area contributed by atoms with Crippen LogP contribution >= 0.6 is 0 Å². The van der Waals surface area contributed by atoms with E-state index in [9.17, 15) is 14.4 Å². The van der Waals surface area contributed by atoms with E-state index in [0.29, 0.717) is 12.5 Å². The average Bonchev–Trinajstić information content (AvgIpc) is 3.14. The molecule has 1 aromatic heterocycles. The number of benzene rings is 1. The Labute approximate surface area is 207 Å². The molecule has 1 atom stereocenters. The van der Waals surface area contributed by atoms with Crippen molar-refractivity contribution in [3.63, 3.8) is 0 Å². The Morgan fingerprint density at radius 1 is 1.20 bits per heavy atom. The first-order chi connectivity index (χ1) is 16.9. The van der Waals surface area contributed by atoms with Crippen LogP contribution in [0.25, 0.3) is 11.0 Å². The molecule has 1 aromatic carbocycles. The van der Waals surface area contributed by atoms with Gasteiger partial charge in [0.15, 0.2) is 0 Å². The van der Waals surface area contributed by atoms with Gasteiger partial charge in [0.2, 0.25) is 5.91 Å². The molecule has 2 N–H and O–H groups in total. The molecule has 4 rings (SSSR count). The number of piperidine rings is 2. The van der Waals surface area contributed by atoms with Crippen molar-refractivity contribution in [3.05, 3.63) is 28.7 Å². The number of likely N-dealkylation sites (N-methyl/N-ethyl adjacent to an activating group) is 1. The van der Waals surface area contributed by atoms with Crippen LogP contribution < -0.4 is 21.2 Å². The van der Waals surface area contributed by atoms with Crippen LogP contribution in [0.4, 0.5) is 5.69 Å². The third-order valence-corrected chi connectivity index (χ3v) is 7.95. The number of aldehydes is 1. The lowest BCUT2D eigenvalue weighted by atomic mass is 9.95. The van der Waals surface area contributed by atoms with E-state index >= 15 is 0 Å². The molecule has 3 heterocycles.